The number of rotatable bonds is 2. The summed E-state index contributed by atoms with van der Waals surface area (Å²) in [5.74, 6) is 0. The molecule has 0 aliphatic carbocycles. The molecule has 1 nitrogen and oxygen atoms in total. The maximum absolute atomic E-state index is 3.65. The highest BCUT2D eigenvalue weighted by atomic mass is 79.9. The van der Waals surface area contributed by atoms with Crippen molar-refractivity contribution in [1.29, 1.82) is 0 Å². The van der Waals surface area contributed by atoms with Crippen molar-refractivity contribution >= 4 is 37.7 Å². The molecule has 0 aliphatic rings. The fourth-order valence-electron chi connectivity index (χ4n) is 3.85. The first kappa shape index (κ1) is 16.3. The molecule has 0 radical (unpaired) electrons. The summed E-state index contributed by atoms with van der Waals surface area (Å²) in [5, 5.41) is 2.53. The Hall–Kier alpha value is -2.84. The van der Waals surface area contributed by atoms with Gasteiger partial charge >= 0.3 is 0 Å². The van der Waals surface area contributed by atoms with Crippen LogP contribution in [0.4, 0.5) is 0 Å². The summed E-state index contributed by atoms with van der Waals surface area (Å²) in [7, 11) is 0. The Kier molecular flexibility index (Phi) is 3.87. The third-order valence-electron chi connectivity index (χ3n) is 5.13. The summed E-state index contributed by atoms with van der Waals surface area (Å²) < 4.78 is 3.49. The molecule has 0 spiro atoms. The first-order valence-electron chi connectivity index (χ1n) is 9.07. The van der Waals surface area contributed by atoms with Crippen LogP contribution in [0.15, 0.2) is 95.5 Å². The van der Waals surface area contributed by atoms with Crippen LogP contribution in [0.1, 0.15) is 5.56 Å². The van der Waals surface area contributed by atoms with Crippen molar-refractivity contribution in [3.63, 3.8) is 0 Å². The standard InChI is InChI=1S/C25H18BrN/c1-17-10-13-20(14-11-17)27-24-15-12-19(26)16-23(24)22-9-5-8-21(25(22)27)18-6-3-2-4-7-18/h2-16H,1H3. The van der Waals surface area contributed by atoms with Crippen LogP contribution in [0.3, 0.4) is 0 Å². The van der Waals surface area contributed by atoms with Gasteiger partial charge in [0.15, 0.2) is 0 Å². The van der Waals surface area contributed by atoms with E-state index in [1.807, 2.05) is 0 Å². The normalized spacial score (nSPS) is 11.3. The van der Waals surface area contributed by atoms with E-state index in [0.29, 0.717) is 0 Å². The molecular formula is C25H18BrN. The van der Waals surface area contributed by atoms with Gasteiger partial charge < -0.3 is 4.57 Å². The van der Waals surface area contributed by atoms with Crippen LogP contribution in [0.25, 0.3) is 38.6 Å². The van der Waals surface area contributed by atoms with E-state index in [0.717, 1.165) is 4.47 Å². The third-order valence-corrected chi connectivity index (χ3v) is 5.62. The molecule has 27 heavy (non-hydrogen) atoms. The Morgan fingerprint density at radius 2 is 1.48 bits per heavy atom. The highest BCUT2D eigenvalue weighted by molar-refractivity contribution is 9.10. The number of aromatic nitrogens is 1. The van der Waals surface area contributed by atoms with Crippen LogP contribution >= 0.6 is 15.9 Å². The van der Waals surface area contributed by atoms with E-state index in [-0.39, 0.29) is 0 Å². The SMILES string of the molecule is Cc1ccc(-n2c3ccc(Br)cc3c3cccc(-c4ccccc4)c32)cc1. The largest absolute Gasteiger partial charge is 0.309 e. The van der Waals surface area contributed by atoms with Gasteiger partial charge in [0.25, 0.3) is 0 Å². The Labute approximate surface area is 167 Å². The van der Waals surface area contributed by atoms with Gasteiger partial charge in [-0.05, 0) is 42.8 Å². The van der Waals surface area contributed by atoms with E-state index in [9.17, 15) is 0 Å². The van der Waals surface area contributed by atoms with Crippen LogP contribution in [-0.4, -0.2) is 4.57 Å². The van der Waals surface area contributed by atoms with Gasteiger partial charge in [-0.1, -0.05) is 82.2 Å². The number of hydrogen-bond donors (Lipinski definition) is 0. The second-order valence-corrected chi connectivity index (χ2v) is 7.82. The molecule has 5 aromatic rings. The van der Waals surface area contributed by atoms with Crippen LogP contribution in [0.2, 0.25) is 0 Å². The lowest BCUT2D eigenvalue weighted by Crippen LogP contribution is -1.95. The van der Waals surface area contributed by atoms with Crippen molar-refractivity contribution < 1.29 is 0 Å². The fraction of sp³-hybridized carbons (Fsp3) is 0.0400. The summed E-state index contributed by atoms with van der Waals surface area (Å²) in [6.07, 6.45) is 0. The van der Waals surface area contributed by atoms with E-state index >= 15 is 0 Å². The lowest BCUT2D eigenvalue weighted by Gasteiger charge is -2.12. The Bertz CT molecular complexity index is 1260. The van der Waals surface area contributed by atoms with E-state index in [2.05, 4.69) is 118 Å². The Morgan fingerprint density at radius 1 is 0.704 bits per heavy atom. The molecule has 4 aromatic carbocycles. The highest BCUT2D eigenvalue weighted by Gasteiger charge is 2.16. The van der Waals surface area contributed by atoms with Crippen molar-refractivity contribution in [2.75, 3.05) is 0 Å². The second-order valence-electron chi connectivity index (χ2n) is 6.90. The Balaban J connectivity index is 1.97. The zero-order valence-electron chi connectivity index (χ0n) is 15.0. The number of halogens is 1. The minimum Gasteiger partial charge on any atom is -0.309 e. The smallest absolute Gasteiger partial charge is 0.0619 e. The molecule has 2 heteroatoms. The molecule has 0 fully saturated rings. The molecule has 0 aliphatic heterocycles. The molecule has 1 heterocycles. The van der Waals surface area contributed by atoms with E-state index in [1.54, 1.807) is 0 Å². The van der Waals surface area contributed by atoms with Crippen LogP contribution < -0.4 is 0 Å². The zero-order valence-corrected chi connectivity index (χ0v) is 16.6. The summed E-state index contributed by atoms with van der Waals surface area (Å²) in [5.41, 5.74) is 7.41. The van der Waals surface area contributed by atoms with Gasteiger partial charge in [-0.15, -0.1) is 0 Å². The molecule has 0 saturated carbocycles. The van der Waals surface area contributed by atoms with Gasteiger partial charge in [0, 0.05) is 26.5 Å². The lowest BCUT2D eigenvalue weighted by molar-refractivity contribution is 1.17. The van der Waals surface area contributed by atoms with Gasteiger partial charge in [0.2, 0.25) is 0 Å². The second kappa shape index (κ2) is 6.40. The van der Waals surface area contributed by atoms with Gasteiger partial charge in [0.05, 0.1) is 11.0 Å². The number of fused-ring (bicyclic) bond motifs is 3. The predicted octanol–water partition coefficient (Wildman–Crippen LogP) is 7.52. The van der Waals surface area contributed by atoms with Crippen LogP contribution in [0, 0.1) is 6.92 Å². The molecule has 0 atom stereocenters. The van der Waals surface area contributed by atoms with E-state index in [4.69, 9.17) is 0 Å². The first-order chi connectivity index (χ1) is 13.2. The van der Waals surface area contributed by atoms with Crippen molar-refractivity contribution in [2.45, 2.75) is 6.92 Å². The topological polar surface area (TPSA) is 4.93 Å². The zero-order chi connectivity index (χ0) is 18.4. The van der Waals surface area contributed by atoms with Crippen LogP contribution in [-0.2, 0) is 0 Å². The van der Waals surface area contributed by atoms with E-state index < -0.39 is 0 Å². The number of hydrogen-bond acceptors (Lipinski definition) is 0. The maximum Gasteiger partial charge on any atom is 0.0619 e. The van der Waals surface area contributed by atoms with Gasteiger partial charge in [-0.2, -0.15) is 0 Å². The van der Waals surface area contributed by atoms with Crippen molar-refractivity contribution in [3.05, 3.63) is 101 Å². The number of aryl methyl sites for hydroxylation is 1. The predicted molar refractivity (Wildman–Crippen MR) is 119 cm³/mol. The molecule has 0 unspecified atom stereocenters. The third kappa shape index (κ3) is 2.68. The molecule has 130 valence electrons. The quantitative estimate of drug-likeness (QED) is 0.283. The Morgan fingerprint density at radius 3 is 2.26 bits per heavy atom. The van der Waals surface area contributed by atoms with Gasteiger partial charge in [-0.3, -0.25) is 0 Å². The van der Waals surface area contributed by atoms with Gasteiger partial charge in [0.1, 0.15) is 0 Å². The van der Waals surface area contributed by atoms with Crippen molar-refractivity contribution in [3.8, 4) is 16.8 Å². The van der Waals surface area contributed by atoms with Crippen molar-refractivity contribution in [2.24, 2.45) is 0 Å². The molecule has 1 aromatic heterocycles. The molecular weight excluding hydrogens is 394 g/mol. The summed E-state index contributed by atoms with van der Waals surface area (Å²) in [4.78, 5) is 0. The monoisotopic (exact) mass is 411 g/mol. The lowest BCUT2D eigenvalue weighted by atomic mass is 10.0. The van der Waals surface area contributed by atoms with Crippen molar-refractivity contribution in [1.82, 2.24) is 4.57 Å². The summed E-state index contributed by atoms with van der Waals surface area (Å²) >= 11 is 3.65. The molecule has 5 rings (SSSR count). The number of benzene rings is 4. The van der Waals surface area contributed by atoms with Gasteiger partial charge in [-0.25, -0.2) is 0 Å². The average Bonchev–Trinajstić information content (AvgIpc) is 3.03. The van der Waals surface area contributed by atoms with Crippen LogP contribution in [0.5, 0.6) is 0 Å². The molecule has 0 N–H and O–H groups in total. The minimum atomic E-state index is 1.10. The summed E-state index contributed by atoms with van der Waals surface area (Å²) in [6.45, 7) is 2.13. The number of nitrogens with zero attached hydrogens (tertiary/aromatic N) is 1. The molecule has 0 amide bonds. The number of para-hydroxylation sites is 1. The highest BCUT2D eigenvalue weighted by Crippen LogP contribution is 2.38. The molecule has 0 saturated heterocycles. The maximum atomic E-state index is 3.65. The average molecular weight is 412 g/mol. The summed E-state index contributed by atoms with van der Waals surface area (Å²) in [6, 6.07) is 32.5. The van der Waals surface area contributed by atoms with E-state index in [1.165, 1.54) is 44.2 Å². The fourth-order valence-corrected chi connectivity index (χ4v) is 4.21. The molecule has 0 bridgehead atoms. The minimum absolute atomic E-state index is 1.10. The first-order valence-corrected chi connectivity index (χ1v) is 9.87.